The van der Waals surface area contributed by atoms with E-state index in [4.69, 9.17) is 4.42 Å². The fourth-order valence-corrected chi connectivity index (χ4v) is 5.13. The predicted molar refractivity (Wildman–Crippen MR) is 117 cm³/mol. The molecule has 3 heterocycles. The molecule has 148 valence electrons. The van der Waals surface area contributed by atoms with E-state index < -0.39 is 0 Å². The first-order chi connectivity index (χ1) is 14.7. The van der Waals surface area contributed by atoms with Gasteiger partial charge in [0, 0.05) is 29.9 Å². The summed E-state index contributed by atoms with van der Waals surface area (Å²) >= 11 is 1.49. The van der Waals surface area contributed by atoms with Crippen molar-refractivity contribution in [2.45, 2.75) is 19.5 Å². The fourth-order valence-electron chi connectivity index (χ4n) is 3.90. The van der Waals surface area contributed by atoms with Crippen LogP contribution in [0.2, 0.25) is 0 Å². The zero-order valence-corrected chi connectivity index (χ0v) is 17.0. The lowest BCUT2D eigenvalue weighted by Gasteiger charge is -2.26. The standard InChI is InChI=1S/C24H19N3O2S/c25-13-19-18-10-11-27(14-16-6-2-1-3-7-16)15-22(18)30-24(19)26-23(28)21-12-17-8-4-5-9-20(17)29-21/h1-9,12H,10-11,14-15H2,(H,26,28). The molecule has 1 amide bonds. The van der Waals surface area contributed by atoms with Crippen molar-refractivity contribution < 1.29 is 9.21 Å². The van der Waals surface area contributed by atoms with Crippen molar-refractivity contribution in [3.8, 4) is 6.07 Å². The molecule has 2 aromatic heterocycles. The van der Waals surface area contributed by atoms with E-state index in [1.165, 1.54) is 16.9 Å². The highest BCUT2D eigenvalue weighted by Gasteiger charge is 2.26. The highest BCUT2D eigenvalue weighted by atomic mass is 32.1. The Balaban J connectivity index is 1.36. The number of rotatable bonds is 4. The molecule has 1 aliphatic heterocycles. The summed E-state index contributed by atoms with van der Waals surface area (Å²) in [7, 11) is 0. The number of amides is 1. The molecular formula is C24H19N3O2S. The van der Waals surface area contributed by atoms with Gasteiger partial charge in [0.1, 0.15) is 16.7 Å². The molecule has 0 unspecified atom stereocenters. The van der Waals surface area contributed by atoms with Gasteiger partial charge in [-0.3, -0.25) is 9.69 Å². The summed E-state index contributed by atoms with van der Waals surface area (Å²) in [5.41, 5.74) is 3.59. The van der Waals surface area contributed by atoms with E-state index in [1.54, 1.807) is 6.07 Å². The van der Waals surface area contributed by atoms with Crippen LogP contribution in [-0.4, -0.2) is 17.4 Å². The quantitative estimate of drug-likeness (QED) is 0.501. The van der Waals surface area contributed by atoms with Gasteiger partial charge in [0.05, 0.1) is 5.56 Å². The SMILES string of the molecule is N#Cc1c(NC(=O)c2cc3ccccc3o2)sc2c1CCN(Cc1ccccc1)C2. The summed E-state index contributed by atoms with van der Waals surface area (Å²) in [4.78, 5) is 16.3. The molecule has 1 N–H and O–H groups in total. The first-order valence-electron chi connectivity index (χ1n) is 9.82. The molecule has 0 aliphatic carbocycles. The molecule has 0 spiro atoms. The Hall–Kier alpha value is -3.40. The van der Waals surface area contributed by atoms with Crippen molar-refractivity contribution in [1.82, 2.24) is 4.90 Å². The summed E-state index contributed by atoms with van der Waals surface area (Å²) in [6.07, 6.45) is 0.808. The summed E-state index contributed by atoms with van der Waals surface area (Å²) in [5, 5.41) is 14.1. The molecule has 0 fully saturated rings. The third-order valence-corrected chi connectivity index (χ3v) is 6.51. The number of anilines is 1. The molecule has 0 radical (unpaired) electrons. The Morgan fingerprint density at radius 1 is 1.17 bits per heavy atom. The molecule has 0 saturated carbocycles. The van der Waals surface area contributed by atoms with Crippen molar-refractivity contribution in [1.29, 1.82) is 5.26 Å². The number of furan rings is 1. The molecular weight excluding hydrogens is 394 g/mol. The van der Waals surface area contributed by atoms with E-state index >= 15 is 0 Å². The fraction of sp³-hybridized carbons (Fsp3) is 0.167. The topological polar surface area (TPSA) is 69.3 Å². The van der Waals surface area contributed by atoms with Gasteiger partial charge in [0.15, 0.2) is 5.76 Å². The van der Waals surface area contributed by atoms with Crippen molar-refractivity contribution >= 4 is 33.2 Å². The molecule has 0 atom stereocenters. The maximum absolute atomic E-state index is 12.8. The van der Waals surface area contributed by atoms with Crippen LogP contribution in [0.25, 0.3) is 11.0 Å². The average Bonchev–Trinajstić information content (AvgIpc) is 3.35. The number of fused-ring (bicyclic) bond motifs is 2. The molecule has 0 bridgehead atoms. The summed E-state index contributed by atoms with van der Waals surface area (Å²) in [6, 6.07) is 21.9. The van der Waals surface area contributed by atoms with Gasteiger partial charge in [0.2, 0.25) is 0 Å². The van der Waals surface area contributed by atoms with Gasteiger partial charge in [0.25, 0.3) is 5.91 Å². The lowest BCUT2D eigenvalue weighted by molar-refractivity contribution is 0.0999. The zero-order valence-electron chi connectivity index (χ0n) is 16.2. The van der Waals surface area contributed by atoms with Gasteiger partial charge in [-0.05, 0) is 29.7 Å². The Labute approximate surface area is 178 Å². The van der Waals surface area contributed by atoms with Crippen molar-refractivity contribution in [3.05, 3.63) is 88.0 Å². The van der Waals surface area contributed by atoms with Crippen LogP contribution in [0, 0.1) is 11.3 Å². The van der Waals surface area contributed by atoms with Gasteiger partial charge >= 0.3 is 0 Å². The number of nitriles is 1. The number of nitrogens with zero attached hydrogens (tertiary/aromatic N) is 2. The van der Waals surface area contributed by atoms with E-state index in [0.717, 1.165) is 41.9 Å². The highest BCUT2D eigenvalue weighted by molar-refractivity contribution is 7.16. The lowest BCUT2D eigenvalue weighted by Crippen LogP contribution is -2.29. The number of carbonyl (C=O) groups excluding carboxylic acids is 1. The number of nitrogens with one attached hydrogen (secondary N) is 1. The van der Waals surface area contributed by atoms with Gasteiger partial charge in [-0.1, -0.05) is 48.5 Å². The number of thiophene rings is 1. The number of hydrogen-bond acceptors (Lipinski definition) is 5. The number of para-hydroxylation sites is 1. The smallest absolute Gasteiger partial charge is 0.292 e. The van der Waals surface area contributed by atoms with Crippen LogP contribution in [0.3, 0.4) is 0 Å². The first kappa shape index (κ1) is 18.6. The Bertz CT molecular complexity index is 1230. The second-order valence-electron chi connectivity index (χ2n) is 7.37. The molecule has 4 aromatic rings. The van der Waals surface area contributed by atoms with Crippen LogP contribution in [-0.2, 0) is 19.5 Å². The Kier molecular flexibility index (Phi) is 4.83. The molecule has 2 aromatic carbocycles. The lowest BCUT2D eigenvalue weighted by atomic mass is 10.0. The zero-order chi connectivity index (χ0) is 20.5. The number of carbonyl (C=O) groups is 1. The average molecular weight is 414 g/mol. The maximum Gasteiger partial charge on any atom is 0.292 e. The second kappa shape index (κ2) is 7.79. The van der Waals surface area contributed by atoms with E-state index in [0.29, 0.717) is 16.1 Å². The van der Waals surface area contributed by atoms with Crippen molar-refractivity contribution in [2.75, 3.05) is 11.9 Å². The van der Waals surface area contributed by atoms with Gasteiger partial charge < -0.3 is 9.73 Å². The predicted octanol–water partition coefficient (Wildman–Crippen LogP) is 5.18. The van der Waals surface area contributed by atoms with Crippen LogP contribution in [0.15, 0.2) is 65.1 Å². The van der Waals surface area contributed by atoms with Gasteiger partial charge in [-0.25, -0.2) is 0 Å². The summed E-state index contributed by atoms with van der Waals surface area (Å²) in [5.74, 6) is -0.0837. The minimum Gasteiger partial charge on any atom is -0.451 e. The Morgan fingerprint density at radius 2 is 1.97 bits per heavy atom. The van der Waals surface area contributed by atoms with E-state index in [1.807, 2.05) is 30.3 Å². The van der Waals surface area contributed by atoms with Crippen LogP contribution in [0.1, 0.15) is 32.1 Å². The van der Waals surface area contributed by atoms with Crippen LogP contribution in [0.4, 0.5) is 5.00 Å². The largest absolute Gasteiger partial charge is 0.451 e. The van der Waals surface area contributed by atoms with E-state index in [9.17, 15) is 10.1 Å². The molecule has 5 rings (SSSR count). The molecule has 6 heteroatoms. The van der Waals surface area contributed by atoms with Crippen LogP contribution < -0.4 is 5.32 Å². The molecule has 1 aliphatic rings. The van der Waals surface area contributed by atoms with Crippen molar-refractivity contribution in [2.24, 2.45) is 0 Å². The third-order valence-electron chi connectivity index (χ3n) is 5.37. The first-order valence-corrected chi connectivity index (χ1v) is 10.6. The normalized spacial score (nSPS) is 13.7. The minimum atomic E-state index is -0.331. The van der Waals surface area contributed by atoms with E-state index in [2.05, 4.69) is 40.6 Å². The van der Waals surface area contributed by atoms with Gasteiger partial charge in [-0.15, -0.1) is 11.3 Å². The third kappa shape index (κ3) is 3.50. The minimum absolute atomic E-state index is 0.247. The van der Waals surface area contributed by atoms with E-state index in [-0.39, 0.29) is 11.7 Å². The Morgan fingerprint density at radius 3 is 2.77 bits per heavy atom. The van der Waals surface area contributed by atoms with Gasteiger partial charge in [-0.2, -0.15) is 5.26 Å². The van der Waals surface area contributed by atoms with Crippen LogP contribution >= 0.6 is 11.3 Å². The van der Waals surface area contributed by atoms with Crippen LogP contribution in [0.5, 0.6) is 0 Å². The van der Waals surface area contributed by atoms with Crippen molar-refractivity contribution in [3.63, 3.8) is 0 Å². The summed E-state index contributed by atoms with van der Waals surface area (Å²) in [6.45, 7) is 2.55. The summed E-state index contributed by atoms with van der Waals surface area (Å²) < 4.78 is 5.66. The monoisotopic (exact) mass is 413 g/mol. The molecule has 30 heavy (non-hydrogen) atoms. The number of benzene rings is 2. The molecule has 5 nitrogen and oxygen atoms in total. The second-order valence-corrected chi connectivity index (χ2v) is 8.47. The molecule has 0 saturated heterocycles. The highest BCUT2D eigenvalue weighted by Crippen LogP contribution is 2.37. The maximum atomic E-state index is 12.8. The number of hydrogen-bond donors (Lipinski definition) is 1.